The SMILES string of the molecule is OC1CCN(C2CCOCC2)CC1. The fourth-order valence-corrected chi connectivity index (χ4v) is 2.30. The summed E-state index contributed by atoms with van der Waals surface area (Å²) in [6.45, 7) is 3.99. The van der Waals surface area contributed by atoms with Gasteiger partial charge < -0.3 is 14.7 Å². The van der Waals surface area contributed by atoms with Crippen LogP contribution in [0.3, 0.4) is 0 Å². The highest BCUT2D eigenvalue weighted by Crippen LogP contribution is 2.19. The minimum absolute atomic E-state index is 0.0453. The van der Waals surface area contributed by atoms with Crippen molar-refractivity contribution in [2.75, 3.05) is 26.3 Å². The molecule has 2 saturated heterocycles. The Morgan fingerprint density at radius 2 is 1.62 bits per heavy atom. The zero-order valence-corrected chi connectivity index (χ0v) is 8.11. The average Bonchev–Trinajstić information content (AvgIpc) is 2.20. The summed E-state index contributed by atoms with van der Waals surface area (Å²) in [5.74, 6) is 0. The second kappa shape index (κ2) is 4.40. The molecule has 2 heterocycles. The minimum Gasteiger partial charge on any atom is -0.393 e. The molecule has 2 aliphatic rings. The predicted octanol–water partition coefficient (Wildman–Crippen LogP) is 0.622. The number of piperidine rings is 1. The van der Waals surface area contributed by atoms with E-state index in [4.69, 9.17) is 4.74 Å². The van der Waals surface area contributed by atoms with Gasteiger partial charge in [-0.25, -0.2) is 0 Å². The molecule has 0 amide bonds. The Kier molecular flexibility index (Phi) is 3.19. The quantitative estimate of drug-likeness (QED) is 0.650. The van der Waals surface area contributed by atoms with E-state index in [1.54, 1.807) is 0 Å². The van der Waals surface area contributed by atoms with Crippen LogP contribution in [-0.4, -0.2) is 48.5 Å². The molecule has 0 aromatic rings. The van der Waals surface area contributed by atoms with Crippen molar-refractivity contribution in [2.24, 2.45) is 0 Å². The lowest BCUT2D eigenvalue weighted by Crippen LogP contribution is -2.45. The molecule has 76 valence electrons. The van der Waals surface area contributed by atoms with Gasteiger partial charge >= 0.3 is 0 Å². The van der Waals surface area contributed by atoms with Crippen molar-refractivity contribution in [1.29, 1.82) is 0 Å². The van der Waals surface area contributed by atoms with Gasteiger partial charge in [0.1, 0.15) is 0 Å². The van der Waals surface area contributed by atoms with Crippen molar-refractivity contribution in [3.05, 3.63) is 0 Å². The highest BCUT2D eigenvalue weighted by atomic mass is 16.5. The van der Waals surface area contributed by atoms with Crippen LogP contribution in [0.1, 0.15) is 25.7 Å². The number of ether oxygens (including phenoxy) is 1. The molecular weight excluding hydrogens is 166 g/mol. The number of likely N-dealkylation sites (tertiary alicyclic amines) is 1. The van der Waals surface area contributed by atoms with E-state index in [0.29, 0.717) is 0 Å². The topological polar surface area (TPSA) is 32.7 Å². The Bertz CT molecular complexity index is 149. The molecule has 2 rings (SSSR count). The first-order valence-electron chi connectivity index (χ1n) is 5.36. The summed E-state index contributed by atoms with van der Waals surface area (Å²) in [7, 11) is 0. The highest BCUT2D eigenvalue weighted by molar-refractivity contribution is 4.79. The summed E-state index contributed by atoms with van der Waals surface area (Å²) in [4.78, 5) is 2.52. The van der Waals surface area contributed by atoms with Gasteiger partial charge in [-0.1, -0.05) is 0 Å². The third-order valence-corrected chi connectivity index (χ3v) is 3.21. The Balaban J connectivity index is 1.79. The summed E-state index contributed by atoms with van der Waals surface area (Å²) in [5, 5.41) is 9.37. The van der Waals surface area contributed by atoms with Crippen LogP contribution in [-0.2, 0) is 4.74 Å². The number of aliphatic hydroxyl groups excluding tert-OH is 1. The summed E-state index contributed by atoms with van der Waals surface area (Å²) < 4.78 is 5.34. The number of nitrogens with zero attached hydrogens (tertiary/aromatic N) is 1. The average molecular weight is 185 g/mol. The third-order valence-electron chi connectivity index (χ3n) is 3.21. The lowest BCUT2D eigenvalue weighted by Gasteiger charge is -2.38. The Hall–Kier alpha value is -0.120. The third kappa shape index (κ3) is 2.42. The lowest BCUT2D eigenvalue weighted by molar-refractivity contribution is 0.00552. The van der Waals surface area contributed by atoms with Gasteiger partial charge in [0.25, 0.3) is 0 Å². The number of hydrogen-bond acceptors (Lipinski definition) is 3. The first kappa shape index (κ1) is 9.44. The van der Waals surface area contributed by atoms with Crippen molar-refractivity contribution in [3.8, 4) is 0 Å². The van der Waals surface area contributed by atoms with Gasteiger partial charge in [-0.15, -0.1) is 0 Å². The van der Waals surface area contributed by atoms with E-state index in [2.05, 4.69) is 4.90 Å². The van der Waals surface area contributed by atoms with E-state index in [1.165, 1.54) is 12.8 Å². The van der Waals surface area contributed by atoms with Crippen LogP contribution in [0.5, 0.6) is 0 Å². The second-order valence-corrected chi connectivity index (χ2v) is 4.11. The van der Waals surface area contributed by atoms with Crippen molar-refractivity contribution < 1.29 is 9.84 Å². The molecule has 0 atom stereocenters. The number of hydrogen-bond donors (Lipinski definition) is 1. The highest BCUT2D eigenvalue weighted by Gasteiger charge is 2.25. The molecule has 13 heavy (non-hydrogen) atoms. The van der Waals surface area contributed by atoms with Gasteiger partial charge in [0.15, 0.2) is 0 Å². The van der Waals surface area contributed by atoms with Gasteiger partial charge in [-0.2, -0.15) is 0 Å². The summed E-state index contributed by atoms with van der Waals surface area (Å²) in [5.41, 5.74) is 0. The first-order valence-corrected chi connectivity index (χ1v) is 5.36. The molecule has 3 nitrogen and oxygen atoms in total. The fourth-order valence-electron chi connectivity index (χ4n) is 2.30. The number of rotatable bonds is 1. The molecule has 2 aliphatic heterocycles. The Morgan fingerprint density at radius 3 is 2.23 bits per heavy atom. The van der Waals surface area contributed by atoms with E-state index in [0.717, 1.165) is 45.2 Å². The lowest BCUT2D eigenvalue weighted by atomic mass is 10.0. The Morgan fingerprint density at radius 1 is 1.00 bits per heavy atom. The van der Waals surface area contributed by atoms with Crippen molar-refractivity contribution in [1.82, 2.24) is 4.90 Å². The van der Waals surface area contributed by atoms with E-state index < -0.39 is 0 Å². The standard InChI is InChI=1S/C10H19NO2/c12-10-1-5-11(6-2-10)9-3-7-13-8-4-9/h9-10,12H,1-8H2. The van der Waals surface area contributed by atoms with E-state index in [9.17, 15) is 5.11 Å². The van der Waals surface area contributed by atoms with Gasteiger partial charge in [-0.3, -0.25) is 0 Å². The van der Waals surface area contributed by atoms with Crippen LogP contribution in [0, 0.1) is 0 Å². The molecule has 0 aromatic heterocycles. The van der Waals surface area contributed by atoms with Gasteiger partial charge in [0, 0.05) is 32.3 Å². The maximum atomic E-state index is 9.37. The molecule has 0 bridgehead atoms. The molecule has 1 N–H and O–H groups in total. The van der Waals surface area contributed by atoms with Crippen LogP contribution < -0.4 is 0 Å². The van der Waals surface area contributed by atoms with Crippen LogP contribution in [0.4, 0.5) is 0 Å². The number of aliphatic hydroxyl groups is 1. The van der Waals surface area contributed by atoms with Gasteiger partial charge in [0.05, 0.1) is 6.10 Å². The maximum absolute atomic E-state index is 9.37. The van der Waals surface area contributed by atoms with Crippen LogP contribution in [0.2, 0.25) is 0 Å². The summed E-state index contributed by atoms with van der Waals surface area (Å²) in [6.07, 6.45) is 4.22. The fraction of sp³-hybridized carbons (Fsp3) is 1.00. The molecular formula is C10H19NO2. The second-order valence-electron chi connectivity index (χ2n) is 4.11. The van der Waals surface area contributed by atoms with Crippen LogP contribution >= 0.6 is 0 Å². The smallest absolute Gasteiger partial charge is 0.0564 e. The maximum Gasteiger partial charge on any atom is 0.0564 e. The first-order chi connectivity index (χ1) is 6.36. The van der Waals surface area contributed by atoms with E-state index in [-0.39, 0.29) is 6.10 Å². The van der Waals surface area contributed by atoms with Gasteiger partial charge in [0.2, 0.25) is 0 Å². The van der Waals surface area contributed by atoms with E-state index >= 15 is 0 Å². The molecule has 0 unspecified atom stereocenters. The van der Waals surface area contributed by atoms with Crippen LogP contribution in [0.25, 0.3) is 0 Å². The largest absolute Gasteiger partial charge is 0.393 e. The molecule has 0 aromatic carbocycles. The monoisotopic (exact) mass is 185 g/mol. The zero-order valence-electron chi connectivity index (χ0n) is 8.11. The molecule has 0 saturated carbocycles. The Labute approximate surface area is 79.7 Å². The van der Waals surface area contributed by atoms with Crippen molar-refractivity contribution in [2.45, 2.75) is 37.8 Å². The van der Waals surface area contributed by atoms with Crippen molar-refractivity contribution >= 4 is 0 Å². The van der Waals surface area contributed by atoms with E-state index in [1.807, 2.05) is 0 Å². The van der Waals surface area contributed by atoms with Crippen LogP contribution in [0.15, 0.2) is 0 Å². The minimum atomic E-state index is -0.0453. The molecule has 0 radical (unpaired) electrons. The van der Waals surface area contributed by atoms with Gasteiger partial charge in [-0.05, 0) is 25.7 Å². The normalized spacial score (nSPS) is 29.3. The molecule has 3 heteroatoms. The molecule has 0 spiro atoms. The summed E-state index contributed by atoms with van der Waals surface area (Å²) in [6, 6.07) is 0.723. The zero-order chi connectivity index (χ0) is 9.10. The van der Waals surface area contributed by atoms with Crippen molar-refractivity contribution in [3.63, 3.8) is 0 Å². The molecule has 2 fully saturated rings. The predicted molar refractivity (Wildman–Crippen MR) is 50.7 cm³/mol. The molecule has 0 aliphatic carbocycles. The summed E-state index contributed by atoms with van der Waals surface area (Å²) >= 11 is 0.